The Kier molecular flexibility index (Phi) is 7.10. The maximum atomic E-state index is 12.3. The van der Waals surface area contributed by atoms with Crippen LogP contribution in [0.25, 0.3) is 6.08 Å². The first kappa shape index (κ1) is 20.3. The molecule has 0 atom stereocenters. The number of nitrogens with zero attached hydrogens (tertiary/aromatic N) is 1. The summed E-state index contributed by atoms with van der Waals surface area (Å²) in [5.41, 5.74) is 1.48. The minimum absolute atomic E-state index is 0.0295. The third-order valence-electron chi connectivity index (χ3n) is 3.85. The number of amides is 2. The molecule has 3 N–H and O–H groups in total. The van der Waals surface area contributed by atoms with Gasteiger partial charge in [-0.25, -0.2) is 0 Å². The lowest BCUT2D eigenvalue weighted by Crippen LogP contribution is -2.46. The number of alkyl halides is 3. The number of nitrogens with two attached hydrogens (primary N) is 1. The Morgan fingerprint density at radius 3 is 2.38 bits per heavy atom. The number of nitrogens with one attached hydrogen (secondary N) is 1. The summed E-state index contributed by atoms with van der Waals surface area (Å²) < 4.78 is 36.8. The summed E-state index contributed by atoms with van der Waals surface area (Å²) in [6, 6.07) is 5.82. The molecule has 1 aliphatic rings. The van der Waals surface area contributed by atoms with Gasteiger partial charge in [0.1, 0.15) is 0 Å². The van der Waals surface area contributed by atoms with Crippen molar-refractivity contribution in [3.8, 4) is 0 Å². The molecule has 0 spiro atoms. The summed E-state index contributed by atoms with van der Waals surface area (Å²) in [6.45, 7) is 1.61. The van der Waals surface area contributed by atoms with Crippen LogP contribution in [0, 0.1) is 0 Å². The maximum Gasteiger partial charge on any atom is 0.446 e. The third kappa shape index (κ3) is 7.49. The number of carbonyl (C=O) groups is 2. The molecule has 1 fully saturated rings. The van der Waals surface area contributed by atoms with Crippen molar-refractivity contribution in [1.29, 1.82) is 0 Å². The fourth-order valence-corrected chi connectivity index (χ4v) is 3.20. The van der Waals surface area contributed by atoms with Crippen molar-refractivity contribution in [1.82, 2.24) is 10.2 Å². The van der Waals surface area contributed by atoms with Gasteiger partial charge in [-0.2, -0.15) is 13.2 Å². The van der Waals surface area contributed by atoms with E-state index in [1.807, 2.05) is 4.90 Å². The van der Waals surface area contributed by atoms with E-state index in [2.05, 4.69) is 5.32 Å². The molecule has 2 amide bonds. The van der Waals surface area contributed by atoms with Gasteiger partial charge < -0.3 is 11.1 Å². The minimum Gasteiger partial charge on any atom is -0.369 e. The molecule has 5 nitrogen and oxygen atoms in total. The molecular weight excluding hydrogens is 367 g/mol. The second-order valence-corrected chi connectivity index (χ2v) is 7.11. The van der Waals surface area contributed by atoms with Crippen LogP contribution in [-0.4, -0.2) is 47.9 Å². The third-order valence-corrected chi connectivity index (χ3v) is 4.59. The molecular formula is C17H20F3N3O2S. The van der Waals surface area contributed by atoms with Crippen molar-refractivity contribution in [2.45, 2.75) is 29.3 Å². The normalized spacial score (nSPS) is 16.7. The molecule has 26 heavy (non-hydrogen) atoms. The van der Waals surface area contributed by atoms with Gasteiger partial charge in [0.15, 0.2) is 0 Å². The molecule has 0 saturated carbocycles. The van der Waals surface area contributed by atoms with Crippen molar-refractivity contribution in [2.75, 3.05) is 19.6 Å². The summed E-state index contributed by atoms with van der Waals surface area (Å²) in [6.07, 6.45) is 4.38. The average Bonchev–Trinajstić information content (AvgIpc) is 2.54. The first-order chi connectivity index (χ1) is 12.2. The standard InChI is InChI=1S/C17H20F3N3O2S/c18-17(19,20)26-14-4-1-12(2-5-14)3-6-16(25)22-13-7-9-23(10-8-13)11-15(21)24/h1-6,13H,7-11H2,(H2,21,24)(H,22,25). The number of hydrogen-bond donors (Lipinski definition) is 2. The predicted octanol–water partition coefficient (Wildman–Crippen LogP) is 2.38. The number of halogens is 3. The Bertz CT molecular complexity index is 654. The van der Waals surface area contributed by atoms with Gasteiger partial charge in [-0.15, -0.1) is 0 Å². The second-order valence-electron chi connectivity index (χ2n) is 5.98. The van der Waals surface area contributed by atoms with Gasteiger partial charge in [-0.1, -0.05) is 12.1 Å². The lowest BCUT2D eigenvalue weighted by atomic mass is 10.0. The zero-order chi connectivity index (χ0) is 19.2. The lowest BCUT2D eigenvalue weighted by molar-refractivity contribution is -0.120. The van der Waals surface area contributed by atoms with Crippen LogP contribution in [0.1, 0.15) is 18.4 Å². The van der Waals surface area contributed by atoms with E-state index in [0.29, 0.717) is 18.7 Å². The van der Waals surface area contributed by atoms with Crippen molar-refractivity contribution >= 4 is 29.7 Å². The molecule has 9 heteroatoms. The number of rotatable bonds is 6. The van der Waals surface area contributed by atoms with E-state index in [1.165, 1.54) is 30.3 Å². The number of piperidine rings is 1. The van der Waals surface area contributed by atoms with Gasteiger partial charge in [-0.05, 0) is 48.4 Å². The summed E-state index contributed by atoms with van der Waals surface area (Å²) in [5, 5.41) is 2.88. The van der Waals surface area contributed by atoms with Crippen molar-refractivity contribution in [3.63, 3.8) is 0 Å². The van der Waals surface area contributed by atoms with E-state index >= 15 is 0 Å². The number of likely N-dealkylation sites (tertiary alicyclic amines) is 1. The van der Waals surface area contributed by atoms with Crippen LogP contribution in [0.2, 0.25) is 0 Å². The average molecular weight is 387 g/mol. The number of benzene rings is 1. The van der Waals surface area contributed by atoms with Crippen molar-refractivity contribution in [3.05, 3.63) is 35.9 Å². The molecule has 1 aliphatic heterocycles. The molecule has 0 aromatic heterocycles. The molecule has 0 bridgehead atoms. The zero-order valence-corrected chi connectivity index (χ0v) is 14.8. The summed E-state index contributed by atoms with van der Waals surface area (Å²) in [4.78, 5) is 24.9. The minimum atomic E-state index is -4.32. The number of hydrogen-bond acceptors (Lipinski definition) is 4. The highest BCUT2D eigenvalue weighted by atomic mass is 32.2. The van der Waals surface area contributed by atoms with Crippen molar-refractivity contribution < 1.29 is 22.8 Å². The molecule has 2 rings (SSSR count). The fourth-order valence-electron chi connectivity index (χ4n) is 2.66. The van der Waals surface area contributed by atoms with Gasteiger partial charge in [0, 0.05) is 30.1 Å². The van der Waals surface area contributed by atoms with Crippen LogP contribution >= 0.6 is 11.8 Å². The first-order valence-corrected chi connectivity index (χ1v) is 8.88. The summed E-state index contributed by atoms with van der Waals surface area (Å²) >= 11 is -0.175. The maximum absolute atomic E-state index is 12.3. The Hall–Kier alpha value is -2.00. The van der Waals surface area contributed by atoms with Crippen LogP contribution in [0.15, 0.2) is 35.2 Å². The molecule has 0 unspecified atom stereocenters. The van der Waals surface area contributed by atoms with Crippen LogP contribution in [0.5, 0.6) is 0 Å². The summed E-state index contributed by atoms with van der Waals surface area (Å²) in [5.74, 6) is -0.623. The van der Waals surface area contributed by atoms with Gasteiger partial charge in [0.05, 0.1) is 6.54 Å². The summed E-state index contributed by atoms with van der Waals surface area (Å²) in [7, 11) is 0. The molecule has 1 saturated heterocycles. The molecule has 1 aromatic carbocycles. The van der Waals surface area contributed by atoms with E-state index < -0.39 is 5.51 Å². The highest BCUT2D eigenvalue weighted by Gasteiger charge is 2.29. The van der Waals surface area contributed by atoms with Gasteiger partial charge in [-0.3, -0.25) is 14.5 Å². The highest BCUT2D eigenvalue weighted by molar-refractivity contribution is 8.00. The Labute approximate surface area is 153 Å². The van der Waals surface area contributed by atoms with E-state index in [1.54, 1.807) is 6.08 Å². The monoisotopic (exact) mass is 387 g/mol. The zero-order valence-electron chi connectivity index (χ0n) is 14.0. The first-order valence-electron chi connectivity index (χ1n) is 8.06. The van der Waals surface area contributed by atoms with Crippen LogP contribution in [0.4, 0.5) is 13.2 Å². The van der Waals surface area contributed by atoms with E-state index in [4.69, 9.17) is 5.73 Å². The predicted molar refractivity (Wildman–Crippen MR) is 94.2 cm³/mol. The second kappa shape index (κ2) is 9.09. The Morgan fingerprint density at radius 2 is 1.85 bits per heavy atom. The molecule has 142 valence electrons. The van der Waals surface area contributed by atoms with Crippen LogP contribution in [-0.2, 0) is 9.59 Å². The quantitative estimate of drug-likeness (QED) is 0.581. The van der Waals surface area contributed by atoms with E-state index in [9.17, 15) is 22.8 Å². The van der Waals surface area contributed by atoms with Gasteiger partial charge >= 0.3 is 5.51 Å². The van der Waals surface area contributed by atoms with Crippen LogP contribution in [0.3, 0.4) is 0 Å². The number of thioether (sulfide) groups is 1. The number of carbonyl (C=O) groups excluding carboxylic acids is 2. The Balaban J connectivity index is 1.78. The van der Waals surface area contributed by atoms with E-state index in [0.717, 1.165) is 12.8 Å². The van der Waals surface area contributed by atoms with Gasteiger partial charge in [0.2, 0.25) is 11.8 Å². The van der Waals surface area contributed by atoms with E-state index in [-0.39, 0.29) is 41.1 Å². The van der Waals surface area contributed by atoms with Gasteiger partial charge in [0.25, 0.3) is 0 Å². The Morgan fingerprint density at radius 1 is 1.23 bits per heavy atom. The largest absolute Gasteiger partial charge is 0.446 e. The van der Waals surface area contributed by atoms with Crippen molar-refractivity contribution in [2.24, 2.45) is 5.73 Å². The lowest BCUT2D eigenvalue weighted by Gasteiger charge is -2.31. The SMILES string of the molecule is NC(=O)CN1CCC(NC(=O)C=Cc2ccc(SC(F)(F)F)cc2)CC1. The highest BCUT2D eigenvalue weighted by Crippen LogP contribution is 2.36. The molecule has 1 heterocycles. The number of primary amides is 1. The smallest absolute Gasteiger partial charge is 0.369 e. The molecule has 0 aliphatic carbocycles. The van der Waals surface area contributed by atoms with Crippen LogP contribution < -0.4 is 11.1 Å². The fraction of sp³-hybridized carbons (Fsp3) is 0.412. The topological polar surface area (TPSA) is 75.4 Å². The molecule has 0 radical (unpaired) electrons. The molecule has 1 aromatic rings.